The van der Waals surface area contributed by atoms with Crippen molar-refractivity contribution in [3.63, 3.8) is 0 Å². The number of carbonyl (C=O) groups is 1. The quantitative estimate of drug-likeness (QED) is 0.619. The van der Waals surface area contributed by atoms with Crippen LogP contribution in [0.2, 0.25) is 0 Å². The molecule has 2 fully saturated rings. The number of aromatic hydroxyl groups is 1. The van der Waals surface area contributed by atoms with Crippen LogP contribution in [-0.4, -0.2) is 22.1 Å². The van der Waals surface area contributed by atoms with E-state index in [0.717, 1.165) is 25.2 Å². The highest BCUT2D eigenvalue weighted by molar-refractivity contribution is 5.74. The van der Waals surface area contributed by atoms with Gasteiger partial charge in [-0.1, -0.05) is 40.2 Å². The summed E-state index contributed by atoms with van der Waals surface area (Å²) in [6.45, 7) is 10.0. The van der Waals surface area contributed by atoms with Crippen LogP contribution in [0.3, 0.4) is 0 Å². The molecule has 0 heterocycles. The molecule has 3 nitrogen and oxygen atoms in total. The number of Topliss-reactive ketones (excluding diaryl/α,β-unsaturated/α-hetero) is 1. The van der Waals surface area contributed by atoms with Crippen LogP contribution in [0.15, 0.2) is 18.2 Å². The number of phenols is 1. The maximum absolute atomic E-state index is 10.4. The third kappa shape index (κ3) is 4.79. The number of benzene rings is 1. The number of aliphatic hydroxyl groups excluding tert-OH is 1. The zero-order valence-electron chi connectivity index (χ0n) is 18.5. The molecule has 1 aromatic rings. The Morgan fingerprint density at radius 3 is 2.39 bits per heavy atom. The summed E-state index contributed by atoms with van der Waals surface area (Å²) in [6.07, 6.45) is 8.70. The van der Waals surface area contributed by atoms with Crippen LogP contribution in [0.4, 0.5) is 0 Å². The molecule has 1 aromatic carbocycles. The lowest BCUT2D eigenvalue weighted by Crippen LogP contribution is -2.43. The largest absolute Gasteiger partial charge is 0.508 e. The van der Waals surface area contributed by atoms with Gasteiger partial charge in [0.15, 0.2) is 0 Å². The van der Waals surface area contributed by atoms with Crippen LogP contribution in [0.5, 0.6) is 5.75 Å². The third-order valence-corrected chi connectivity index (χ3v) is 7.16. The van der Waals surface area contributed by atoms with Gasteiger partial charge in [0.1, 0.15) is 11.5 Å². The summed E-state index contributed by atoms with van der Waals surface area (Å²) in [5.41, 5.74) is 2.99. The molecule has 0 radical (unpaired) electrons. The minimum atomic E-state index is -0.0883. The number of rotatable bonds is 1. The first-order chi connectivity index (χ1) is 13.3. The molecule has 158 valence electrons. The van der Waals surface area contributed by atoms with Gasteiger partial charge in [0.25, 0.3) is 0 Å². The van der Waals surface area contributed by atoms with Crippen LogP contribution in [0.25, 0.3) is 0 Å². The molecular formula is C25H40O3. The highest BCUT2D eigenvalue weighted by atomic mass is 16.3. The van der Waals surface area contributed by atoms with E-state index in [0.29, 0.717) is 24.0 Å². The zero-order valence-corrected chi connectivity index (χ0v) is 18.5. The molecule has 0 saturated heterocycles. The fourth-order valence-electron chi connectivity index (χ4n) is 5.54. The molecule has 0 amide bonds. The average Bonchev–Trinajstić information content (AvgIpc) is 2.97. The summed E-state index contributed by atoms with van der Waals surface area (Å²) < 4.78 is 0. The molecule has 0 bridgehead atoms. The Labute approximate surface area is 171 Å². The van der Waals surface area contributed by atoms with Crippen molar-refractivity contribution in [2.45, 2.75) is 98.0 Å². The van der Waals surface area contributed by atoms with E-state index < -0.39 is 0 Å². The summed E-state index contributed by atoms with van der Waals surface area (Å²) in [7, 11) is 0. The lowest BCUT2D eigenvalue weighted by atomic mass is 9.55. The second kappa shape index (κ2) is 9.91. The fourth-order valence-corrected chi connectivity index (χ4v) is 5.54. The first-order valence-corrected chi connectivity index (χ1v) is 11.3. The van der Waals surface area contributed by atoms with E-state index >= 15 is 0 Å². The van der Waals surface area contributed by atoms with Gasteiger partial charge in [-0.2, -0.15) is 0 Å². The van der Waals surface area contributed by atoms with Crippen molar-refractivity contribution in [3.8, 4) is 5.75 Å². The van der Waals surface area contributed by atoms with Crippen molar-refractivity contribution in [3.05, 3.63) is 29.3 Å². The van der Waals surface area contributed by atoms with E-state index in [9.17, 15) is 15.0 Å². The van der Waals surface area contributed by atoms with Crippen LogP contribution >= 0.6 is 0 Å². The summed E-state index contributed by atoms with van der Waals surface area (Å²) in [4.78, 5) is 9.81. The average molecular weight is 389 g/mol. The highest BCUT2D eigenvalue weighted by Crippen LogP contribution is 2.60. The first kappa shape index (κ1) is 22.9. The zero-order chi connectivity index (χ0) is 20.9. The van der Waals surface area contributed by atoms with Gasteiger partial charge in [-0.3, -0.25) is 0 Å². The second-order valence-electron chi connectivity index (χ2n) is 9.20. The molecule has 28 heavy (non-hydrogen) atoms. The molecule has 3 heteroatoms. The van der Waals surface area contributed by atoms with Crippen LogP contribution < -0.4 is 0 Å². The topological polar surface area (TPSA) is 57.5 Å². The number of aliphatic hydroxyl groups is 1. The highest BCUT2D eigenvalue weighted by Gasteiger charge is 2.54. The van der Waals surface area contributed by atoms with E-state index in [2.05, 4.69) is 26.8 Å². The van der Waals surface area contributed by atoms with Gasteiger partial charge in [-0.05, 0) is 91.9 Å². The van der Waals surface area contributed by atoms with Gasteiger partial charge in [0, 0.05) is 6.42 Å². The molecule has 2 N–H and O–H groups in total. The van der Waals surface area contributed by atoms with Crippen molar-refractivity contribution in [2.75, 3.05) is 0 Å². The number of fused-ring (bicyclic) bond motifs is 5. The monoisotopic (exact) mass is 388 g/mol. The summed E-state index contributed by atoms with van der Waals surface area (Å²) >= 11 is 0. The minimum Gasteiger partial charge on any atom is -0.508 e. The first-order valence-electron chi connectivity index (χ1n) is 11.3. The SMILES string of the molecule is CCC.CCC(C)=O.C[C@]12CCC3c4ccc(O)cc4CC[C@H]3C1CC[C@@H]2O. The number of ketones is 1. The fraction of sp³-hybridized carbons (Fsp3) is 0.720. The van der Waals surface area contributed by atoms with Crippen molar-refractivity contribution in [2.24, 2.45) is 17.3 Å². The molecule has 0 aromatic heterocycles. The summed E-state index contributed by atoms with van der Waals surface area (Å²) in [5, 5.41) is 20.0. The Bertz CT molecular complexity index is 653. The maximum atomic E-state index is 10.4. The maximum Gasteiger partial charge on any atom is 0.129 e. The van der Waals surface area contributed by atoms with Gasteiger partial charge in [-0.15, -0.1) is 0 Å². The molecule has 0 spiro atoms. The Morgan fingerprint density at radius 1 is 1.14 bits per heavy atom. The molecule has 3 aliphatic rings. The number of hydrogen-bond donors (Lipinski definition) is 2. The van der Waals surface area contributed by atoms with E-state index in [-0.39, 0.29) is 17.3 Å². The van der Waals surface area contributed by atoms with E-state index in [4.69, 9.17) is 0 Å². The van der Waals surface area contributed by atoms with Gasteiger partial charge < -0.3 is 15.0 Å². The van der Waals surface area contributed by atoms with Crippen molar-refractivity contribution < 1.29 is 15.0 Å². The Balaban J connectivity index is 0.000000302. The van der Waals surface area contributed by atoms with E-state index in [1.807, 2.05) is 19.1 Å². The van der Waals surface area contributed by atoms with Crippen LogP contribution in [0.1, 0.15) is 96.6 Å². The predicted molar refractivity (Wildman–Crippen MR) is 116 cm³/mol. The standard InChI is InChI=1S/C18H24O2.C4H8O.C3H8/c1-18-9-8-14-13-5-3-12(19)10-11(13)2-4-15(14)16(18)6-7-17(18)20;1-3-4(2)5;1-3-2/h3,5,10,14-17,19-20H,2,4,6-9H2,1H3;3H2,1-2H3;3H2,1-2H3/t14?,15-,16?,17+,18+;;/m1../s1. The Morgan fingerprint density at radius 2 is 1.79 bits per heavy atom. The number of phenolic OH excluding ortho intramolecular Hbond substituents is 1. The van der Waals surface area contributed by atoms with Crippen LogP contribution in [0, 0.1) is 17.3 Å². The molecule has 4 rings (SSSR count). The van der Waals surface area contributed by atoms with Gasteiger partial charge in [0.2, 0.25) is 0 Å². The van der Waals surface area contributed by atoms with Crippen molar-refractivity contribution >= 4 is 5.78 Å². The molecule has 3 aliphatic carbocycles. The molecular weight excluding hydrogens is 348 g/mol. The predicted octanol–water partition coefficient (Wildman–Crippen LogP) is 6.01. The van der Waals surface area contributed by atoms with Gasteiger partial charge >= 0.3 is 0 Å². The van der Waals surface area contributed by atoms with Gasteiger partial charge in [-0.25, -0.2) is 0 Å². The van der Waals surface area contributed by atoms with Crippen molar-refractivity contribution in [1.29, 1.82) is 0 Å². The minimum absolute atomic E-state index is 0.0883. The molecule has 2 unspecified atom stereocenters. The second-order valence-corrected chi connectivity index (χ2v) is 9.20. The molecule has 5 atom stereocenters. The number of carbonyl (C=O) groups excluding carboxylic acids is 1. The smallest absolute Gasteiger partial charge is 0.129 e. The lowest BCUT2D eigenvalue weighted by molar-refractivity contribution is -0.116. The lowest BCUT2D eigenvalue weighted by Gasteiger charge is -2.50. The summed E-state index contributed by atoms with van der Waals surface area (Å²) in [6, 6.07) is 5.96. The third-order valence-electron chi connectivity index (χ3n) is 7.16. The summed E-state index contributed by atoms with van der Waals surface area (Å²) in [5.74, 6) is 2.74. The van der Waals surface area contributed by atoms with E-state index in [1.165, 1.54) is 36.8 Å². The Kier molecular flexibility index (Phi) is 8.12. The number of aryl methyl sites for hydroxylation is 1. The van der Waals surface area contributed by atoms with E-state index in [1.54, 1.807) is 6.92 Å². The number of hydrogen-bond acceptors (Lipinski definition) is 3. The molecule has 0 aliphatic heterocycles. The Hall–Kier alpha value is -1.35. The van der Waals surface area contributed by atoms with Crippen molar-refractivity contribution in [1.82, 2.24) is 0 Å². The normalized spacial score (nSPS) is 32.5. The molecule has 2 saturated carbocycles. The van der Waals surface area contributed by atoms with Gasteiger partial charge in [0.05, 0.1) is 6.10 Å². The van der Waals surface area contributed by atoms with Crippen LogP contribution in [-0.2, 0) is 11.2 Å².